The standard InChI is InChI=1S/C34H47ClF2N4O2/c1-21(2)41(24(5)42)23(4)28-17-22(3)30(35)19-32(28)38-13-15-39(16-14-38)33(43)27-11-12-40(34(6,7)8)20-29(27)26-10-9-25(36)18-31(26)37/h9-10,17-19,21,23,27,29H,11-16,20H2,1-8H3/t23?,27?,29-/m0/s1. The number of aryl methyl sites for hydroxylation is 1. The molecule has 4 rings (SSSR count). The Kier molecular flexibility index (Phi) is 10.1. The van der Waals surface area contributed by atoms with E-state index in [4.69, 9.17) is 11.6 Å². The zero-order valence-corrected chi connectivity index (χ0v) is 27.6. The number of benzene rings is 2. The lowest BCUT2D eigenvalue weighted by atomic mass is 9.78. The lowest BCUT2D eigenvalue weighted by Crippen LogP contribution is -2.55. The van der Waals surface area contributed by atoms with E-state index in [0.717, 1.165) is 29.4 Å². The lowest BCUT2D eigenvalue weighted by Gasteiger charge is -2.46. The molecule has 2 unspecified atom stereocenters. The van der Waals surface area contributed by atoms with Crippen molar-refractivity contribution in [1.29, 1.82) is 0 Å². The van der Waals surface area contributed by atoms with E-state index in [1.807, 2.05) is 43.6 Å². The van der Waals surface area contributed by atoms with Crippen LogP contribution in [0.4, 0.5) is 14.5 Å². The number of piperazine rings is 1. The highest BCUT2D eigenvalue weighted by Crippen LogP contribution is 2.39. The van der Waals surface area contributed by atoms with Gasteiger partial charge in [0.15, 0.2) is 0 Å². The second-order valence-corrected chi connectivity index (χ2v) is 13.9. The highest BCUT2D eigenvalue weighted by molar-refractivity contribution is 6.31. The van der Waals surface area contributed by atoms with Gasteiger partial charge in [-0.05, 0) is 90.3 Å². The summed E-state index contributed by atoms with van der Waals surface area (Å²) in [6.45, 7) is 19.6. The van der Waals surface area contributed by atoms with Gasteiger partial charge in [0, 0.05) is 79.8 Å². The van der Waals surface area contributed by atoms with Crippen molar-refractivity contribution in [2.24, 2.45) is 5.92 Å². The summed E-state index contributed by atoms with van der Waals surface area (Å²) in [6, 6.07) is 7.65. The molecule has 43 heavy (non-hydrogen) atoms. The predicted octanol–water partition coefficient (Wildman–Crippen LogP) is 6.80. The van der Waals surface area contributed by atoms with Crippen molar-refractivity contribution in [3.63, 3.8) is 0 Å². The van der Waals surface area contributed by atoms with Gasteiger partial charge in [-0.25, -0.2) is 8.78 Å². The Balaban J connectivity index is 1.56. The van der Waals surface area contributed by atoms with Crippen LogP contribution in [0.25, 0.3) is 0 Å². The number of rotatable bonds is 6. The molecule has 2 aliphatic rings. The van der Waals surface area contributed by atoms with Crippen molar-refractivity contribution in [2.45, 2.75) is 85.4 Å². The molecule has 0 spiro atoms. The Morgan fingerprint density at radius 1 is 1.00 bits per heavy atom. The molecule has 2 aromatic carbocycles. The van der Waals surface area contributed by atoms with Crippen LogP contribution in [0.5, 0.6) is 0 Å². The predicted molar refractivity (Wildman–Crippen MR) is 170 cm³/mol. The number of carbonyl (C=O) groups is 2. The van der Waals surface area contributed by atoms with Crippen molar-refractivity contribution in [2.75, 3.05) is 44.2 Å². The summed E-state index contributed by atoms with van der Waals surface area (Å²) >= 11 is 6.61. The van der Waals surface area contributed by atoms with Crippen LogP contribution in [0.1, 0.15) is 83.5 Å². The summed E-state index contributed by atoms with van der Waals surface area (Å²) in [6.07, 6.45) is 0.614. The molecule has 2 fully saturated rings. The molecular formula is C34H47ClF2N4O2. The van der Waals surface area contributed by atoms with Crippen molar-refractivity contribution in [3.8, 4) is 0 Å². The molecule has 0 N–H and O–H groups in total. The van der Waals surface area contributed by atoms with Gasteiger partial charge in [-0.1, -0.05) is 23.7 Å². The SMILES string of the molecule is CC(=O)N(C(C)C)C(C)c1cc(C)c(Cl)cc1N1CCN(C(=O)C2CCN(C(C)(C)C)C[C@H]2c2ccc(F)cc2F)CC1. The van der Waals surface area contributed by atoms with E-state index in [0.29, 0.717) is 49.7 Å². The first-order valence-electron chi connectivity index (χ1n) is 15.4. The van der Waals surface area contributed by atoms with Gasteiger partial charge in [-0.3, -0.25) is 14.5 Å². The van der Waals surface area contributed by atoms with Crippen LogP contribution in [-0.4, -0.2) is 77.4 Å². The summed E-state index contributed by atoms with van der Waals surface area (Å²) in [5, 5.41) is 0.665. The second kappa shape index (κ2) is 13.1. The van der Waals surface area contributed by atoms with Gasteiger partial charge in [-0.2, -0.15) is 0 Å². The molecule has 2 aromatic rings. The van der Waals surface area contributed by atoms with Crippen molar-refractivity contribution in [3.05, 3.63) is 63.7 Å². The summed E-state index contributed by atoms with van der Waals surface area (Å²) < 4.78 is 28.9. The molecule has 3 atom stereocenters. The molecule has 9 heteroatoms. The van der Waals surface area contributed by atoms with Gasteiger partial charge in [0.25, 0.3) is 0 Å². The highest BCUT2D eigenvalue weighted by atomic mass is 35.5. The number of nitrogens with zero attached hydrogens (tertiary/aromatic N) is 4. The molecule has 0 aromatic heterocycles. The van der Waals surface area contributed by atoms with Gasteiger partial charge in [0.05, 0.1) is 6.04 Å². The Labute approximate surface area is 261 Å². The van der Waals surface area contributed by atoms with Crippen LogP contribution in [0.2, 0.25) is 5.02 Å². The molecule has 0 bridgehead atoms. The Bertz CT molecular complexity index is 1340. The average Bonchev–Trinajstić information content (AvgIpc) is 2.93. The topological polar surface area (TPSA) is 47.1 Å². The molecule has 6 nitrogen and oxygen atoms in total. The Hall–Kier alpha value is -2.71. The van der Waals surface area contributed by atoms with Crippen LogP contribution in [0.3, 0.4) is 0 Å². The molecule has 2 amide bonds. The fraction of sp³-hybridized carbons (Fsp3) is 0.588. The third-order valence-corrected chi connectivity index (χ3v) is 9.68. The molecule has 2 aliphatic heterocycles. The third kappa shape index (κ3) is 7.17. The number of halogens is 3. The Morgan fingerprint density at radius 3 is 2.21 bits per heavy atom. The minimum atomic E-state index is -0.617. The molecule has 2 heterocycles. The Morgan fingerprint density at radius 2 is 1.65 bits per heavy atom. The number of carbonyl (C=O) groups excluding carboxylic acids is 2. The van der Waals surface area contributed by atoms with E-state index in [2.05, 4.69) is 36.6 Å². The second-order valence-electron chi connectivity index (χ2n) is 13.5. The summed E-state index contributed by atoms with van der Waals surface area (Å²) in [5.74, 6) is -1.92. The number of amides is 2. The van der Waals surface area contributed by atoms with E-state index < -0.39 is 11.6 Å². The molecule has 2 saturated heterocycles. The molecule has 236 valence electrons. The van der Waals surface area contributed by atoms with Crippen LogP contribution in [0, 0.1) is 24.5 Å². The van der Waals surface area contributed by atoms with Gasteiger partial charge < -0.3 is 14.7 Å². The smallest absolute Gasteiger partial charge is 0.226 e. The first-order valence-corrected chi connectivity index (χ1v) is 15.8. The van der Waals surface area contributed by atoms with Gasteiger partial charge in [0.1, 0.15) is 11.6 Å². The van der Waals surface area contributed by atoms with Gasteiger partial charge in [0.2, 0.25) is 11.8 Å². The number of hydrogen-bond donors (Lipinski definition) is 0. The van der Waals surface area contributed by atoms with Crippen molar-refractivity contribution >= 4 is 29.1 Å². The monoisotopic (exact) mass is 616 g/mol. The van der Waals surface area contributed by atoms with Crippen molar-refractivity contribution in [1.82, 2.24) is 14.7 Å². The first-order chi connectivity index (χ1) is 20.1. The van der Waals surface area contributed by atoms with Crippen LogP contribution in [0.15, 0.2) is 30.3 Å². The third-order valence-electron chi connectivity index (χ3n) is 9.27. The maximum atomic E-state index is 15.1. The van der Waals surface area contributed by atoms with Gasteiger partial charge in [-0.15, -0.1) is 0 Å². The highest BCUT2D eigenvalue weighted by Gasteiger charge is 2.41. The summed E-state index contributed by atoms with van der Waals surface area (Å²) in [4.78, 5) is 34.9. The summed E-state index contributed by atoms with van der Waals surface area (Å²) in [5.41, 5.74) is 3.24. The summed E-state index contributed by atoms with van der Waals surface area (Å²) in [7, 11) is 0. The zero-order valence-electron chi connectivity index (χ0n) is 26.9. The fourth-order valence-corrected chi connectivity index (χ4v) is 7.07. The normalized spacial score (nSPS) is 20.8. The first kappa shape index (κ1) is 33.2. The van der Waals surface area contributed by atoms with E-state index in [1.54, 1.807) is 6.92 Å². The number of likely N-dealkylation sites (tertiary alicyclic amines) is 1. The quantitative estimate of drug-likeness (QED) is 0.358. The van der Waals surface area contributed by atoms with E-state index in [1.165, 1.54) is 12.1 Å². The average molecular weight is 617 g/mol. The van der Waals surface area contributed by atoms with E-state index >= 15 is 4.39 Å². The van der Waals surface area contributed by atoms with Crippen LogP contribution >= 0.6 is 11.6 Å². The number of anilines is 1. The van der Waals surface area contributed by atoms with Gasteiger partial charge >= 0.3 is 0 Å². The molecule has 0 saturated carbocycles. The van der Waals surface area contributed by atoms with Crippen LogP contribution in [-0.2, 0) is 9.59 Å². The van der Waals surface area contributed by atoms with E-state index in [-0.39, 0.29) is 41.3 Å². The van der Waals surface area contributed by atoms with Crippen LogP contribution < -0.4 is 4.90 Å². The molecular weight excluding hydrogens is 570 g/mol. The largest absolute Gasteiger partial charge is 0.368 e. The number of hydrogen-bond acceptors (Lipinski definition) is 4. The zero-order chi connectivity index (χ0) is 31.8. The maximum Gasteiger partial charge on any atom is 0.226 e. The maximum absolute atomic E-state index is 15.1. The fourth-order valence-electron chi connectivity index (χ4n) is 6.91. The van der Waals surface area contributed by atoms with E-state index in [9.17, 15) is 14.0 Å². The molecule has 0 radical (unpaired) electrons. The minimum absolute atomic E-state index is 0.0149. The van der Waals surface area contributed by atoms with Crippen molar-refractivity contribution < 1.29 is 18.4 Å². The minimum Gasteiger partial charge on any atom is -0.368 e. The lowest BCUT2D eigenvalue weighted by molar-refractivity contribution is -0.139. The molecule has 0 aliphatic carbocycles. The number of piperidine rings is 1.